The molecule has 2 heterocycles. The van der Waals surface area contributed by atoms with E-state index < -0.39 is 0 Å². The lowest BCUT2D eigenvalue weighted by Gasteiger charge is -2.32. The summed E-state index contributed by atoms with van der Waals surface area (Å²) in [5, 5.41) is 3.56. The molecule has 0 aromatic carbocycles. The average molecular weight is 241 g/mol. The first-order chi connectivity index (χ1) is 8.34. The maximum Gasteiger partial charge on any atom is 0.0495 e. The van der Waals surface area contributed by atoms with Crippen molar-refractivity contribution < 1.29 is 4.74 Å². The molecule has 0 aliphatic carbocycles. The van der Waals surface area contributed by atoms with Gasteiger partial charge in [0.25, 0.3) is 0 Å². The first kappa shape index (κ1) is 13.3. The first-order valence-electron chi connectivity index (χ1n) is 7.04. The highest BCUT2D eigenvalue weighted by Crippen LogP contribution is 2.14. The third-order valence-corrected chi connectivity index (χ3v) is 3.95. The van der Waals surface area contributed by atoms with Crippen LogP contribution in [0.5, 0.6) is 0 Å². The highest BCUT2D eigenvalue weighted by molar-refractivity contribution is 4.70. The van der Waals surface area contributed by atoms with E-state index in [1.807, 2.05) is 0 Å². The second-order valence-corrected chi connectivity index (χ2v) is 5.41. The molecule has 1 atom stereocenters. The standard InChI is InChI=1S/C13H27N3O/c1-15-7-9-16(10-8-15)6-5-14-4-2-13-3-11-17-12-13/h13-14H,2-12H2,1H3. The molecule has 0 radical (unpaired) electrons. The molecule has 0 bridgehead atoms. The molecule has 1 N–H and O–H groups in total. The van der Waals surface area contributed by atoms with Crippen LogP contribution in [0.4, 0.5) is 0 Å². The molecular weight excluding hydrogens is 214 g/mol. The fourth-order valence-corrected chi connectivity index (χ4v) is 2.55. The van der Waals surface area contributed by atoms with Crippen molar-refractivity contribution in [3.05, 3.63) is 0 Å². The molecule has 4 heteroatoms. The quantitative estimate of drug-likeness (QED) is 0.675. The first-order valence-corrected chi connectivity index (χ1v) is 7.04. The van der Waals surface area contributed by atoms with Crippen LogP contribution in [0.15, 0.2) is 0 Å². The Morgan fingerprint density at radius 3 is 2.71 bits per heavy atom. The fraction of sp³-hybridized carbons (Fsp3) is 1.00. The number of hydrogen-bond donors (Lipinski definition) is 1. The molecule has 0 aromatic heterocycles. The number of rotatable bonds is 6. The smallest absolute Gasteiger partial charge is 0.0495 e. The van der Waals surface area contributed by atoms with E-state index in [-0.39, 0.29) is 0 Å². The highest BCUT2D eigenvalue weighted by atomic mass is 16.5. The van der Waals surface area contributed by atoms with E-state index in [4.69, 9.17) is 4.74 Å². The fourth-order valence-electron chi connectivity index (χ4n) is 2.55. The second-order valence-electron chi connectivity index (χ2n) is 5.41. The van der Waals surface area contributed by atoms with Crippen molar-refractivity contribution in [3.8, 4) is 0 Å². The zero-order valence-corrected chi connectivity index (χ0v) is 11.2. The van der Waals surface area contributed by atoms with Crippen LogP contribution in [-0.2, 0) is 4.74 Å². The molecule has 4 nitrogen and oxygen atoms in total. The van der Waals surface area contributed by atoms with Crippen LogP contribution in [0.25, 0.3) is 0 Å². The van der Waals surface area contributed by atoms with Crippen molar-refractivity contribution in [3.63, 3.8) is 0 Å². The lowest BCUT2D eigenvalue weighted by atomic mass is 10.1. The third-order valence-electron chi connectivity index (χ3n) is 3.95. The Hall–Kier alpha value is -0.160. The Morgan fingerprint density at radius 1 is 1.18 bits per heavy atom. The van der Waals surface area contributed by atoms with Gasteiger partial charge >= 0.3 is 0 Å². The van der Waals surface area contributed by atoms with Crippen molar-refractivity contribution >= 4 is 0 Å². The average Bonchev–Trinajstić information content (AvgIpc) is 2.84. The van der Waals surface area contributed by atoms with Crippen LogP contribution < -0.4 is 5.32 Å². The van der Waals surface area contributed by atoms with Crippen molar-refractivity contribution in [1.82, 2.24) is 15.1 Å². The van der Waals surface area contributed by atoms with Crippen molar-refractivity contribution in [2.24, 2.45) is 5.92 Å². The van der Waals surface area contributed by atoms with Gasteiger partial charge in [-0.1, -0.05) is 0 Å². The SMILES string of the molecule is CN1CCN(CCNCCC2CCOC2)CC1. The Morgan fingerprint density at radius 2 is 2.00 bits per heavy atom. The Kier molecular flexibility index (Phi) is 5.71. The predicted octanol–water partition coefficient (Wildman–Crippen LogP) is 0.250. The summed E-state index contributed by atoms with van der Waals surface area (Å²) < 4.78 is 5.38. The van der Waals surface area contributed by atoms with E-state index in [0.717, 1.165) is 32.2 Å². The summed E-state index contributed by atoms with van der Waals surface area (Å²) in [6.45, 7) is 10.4. The zero-order valence-electron chi connectivity index (χ0n) is 11.2. The number of nitrogens with one attached hydrogen (secondary N) is 1. The Bertz CT molecular complexity index is 199. The van der Waals surface area contributed by atoms with Gasteiger partial charge in [0.15, 0.2) is 0 Å². The van der Waals surface area contributed by atoms with Gasteiger partial charge in [0, 0.05) is 52.5 Å². The van der Waals surface area contributed by atoms with Gasteiger partial charge in [0.1, 0.15) is 0 Å². The number of piperazine rings is 1. The molecule has 2 aliphatic heterocycles. The van der Waals surface area contributed by atoms with Gasteiger partial charge in [-0.05, 0) is 32.4 Å². The zero-order chi connectivity index (χ0) is 11.9. The summed E-state index contributed by atoms with van der Waals surface area (Å²) in [4.78, 5) is 4.97. The maximum atomic E-state index is 5.38. The van der Waals surface area contributed by atoms with Gasteiger partial charge in [0.05, 0.1) is 0 Å². The lowest BCUT2D eigenvalue weighted by Crippen LogP contribution is -2.46. The molecule has 2 rings (SSSR count). The predicted molar refractivity (Wildman–Crippen MR) is 70.3 cm³/mol. The summed E-state index contributed by atoms with van der Waals surface area (Å²) in [6, 6.07) is 0. The van der Waals surface area contributed by atoms with Crippen molar-refractivity contribution in [2.45, 2.75) is 12.8 Å². The minimum atomic E-state index is 0.811. The molecule has 1 unspecified atom stereocenters. The van der Waals surface area contributed by atoms with Crippen LogP contribution >= 0.6 is 0 Å². The van der Waals surface area contributed by atoms with Gasteiger partial charge < -0.3 is 15.0 Å². The third kappa shape index (κ3) is 4.92. The number of ether oxygens (including phenoxy) is 1. The van der Waals surface area contributed by atoms with Gasteiger partial charge in [-0.3, -0.25) is 4.90 Å². The molecule has 17 heavy (non-hydrogen) atoms. The van der Waals surface area contributed by atoms with Crippen LogP contribution in [0.3, 0.4) is 0 Å². The summed E-state index contributed by atoms with van der Waals surface area (Å²) in [5.74, 6) is 0.811. The summed E-state index contributed by atoms with van der Waals surface area (Å²) in [5.41, 5.74) is 0. The van der Waals surface area contributed by atoms with E-state index in [1.165, 1.54) is 45.6 Å². The van der Waals surface area contributed by atoms with Gasteiger partial charge in [-0.15, -0.1) is 0 Å². The van der Waals surface area contributed by atoms with E-state index in [2.05, 4.69) is 22.2 Å². The molecule has 2 fully saturated rings. The van der Waals surface area contributed by atoms with Crippen LogP contribution in [0.2, 0.25) is 0 Å². The Labute approximate surface area is 105 Å². The second kappa shape index (κ2) is 7.31. The van der Waals surface area contributed by atoms with Crippen molar-refractivity contribution in [1.29, 1.82) is 0 Å². The molecule has 0 aromatic rings. The molecule has 100 valence electrons. The van der Waals surface area contributed by atoms with Gasteiger partial charge in [0.2, 0.25) is 0 Å². The van der Waals surface area contributed by atoms with Crippen LogP contribution in [0, 0.1) is 5.92 Å². The topological polar surface area (TPSA) is 27.7 Å². The summed E-state index contributed by atoms with van der Waals surface area (Å²) in [7, 11) is 2.21. The molecule has 0 amide bonds. The minimum absolute atomic E-state index is 0.811. The number of likely N-dealkylation sites (N-methyl/N-ethyl adjacent to an activating group) is 1. The van der Waals surface area contributed by atoms with Gasteiger partial charge in [-0.2, -0.15) is 0 Å². The lowest BCUT2D eigenvalue weighted by molar-refractivity contribution is 0.154. The minimum Gasteiger partial charge on any atom is -0.381 e. The largest absolute Gasteiger partial charge is 0.381 e. The molecule has 2 aliphatic rings. The Balaban J connectivity index is 1.43. The monoisotopic (exact) mass is 241 g/mol. The number of nitrogens with zero attached hydrogens (tertiary/aromatic N) is 2. The molecule has 0 saturated carbocycles. The number of hydrogen-bond acceptors (Lipinski definition) is 4. The summed E-state index contributed by atoms with van der Waals surface area (Å²) in [6.07, 6.45) is 2.54. The summed E-state index contributed by atoms with van der Waals surface area (Å²) >= 11 is 0. The van der Waals surface area contributed by atoms with E-state index in [0.29, 0.717) is 0 Å². The molecule has 2 saturated heterocycles. The van der Waals surface area contributed by atoms with Crippen molar-refractivity contribution in [2.75, 3.05) is 66.1 Å². The van der Waals surface area contributed by atoms with Gasteiger partial charge in [-0.25, -0.2) is 0 Å². The van der Waals surface area contributed by atoms with Crippen LogP contribution in [0.1, 0.15) is 12.8 Å². The van der Waals surface area contributed by atoms with E-state index >= 15 is 0 Å². The normalized spacial score (nSPS) is 27.7. The van der Waals surface area contributed by atoms with E-state index in [1.54, 1.807) is 0 Å². The van der Waals surface area contributed by atoms with E-state index in [9.17, 15) is 0 Å². The highest BCUT2D eigenvalue weighted by Gasteiger charge is 2.15. The maximum absolute atomic E-state index is 5.38. The molecule has 0 spiro atoms. The molecular formula is C13H27N3O. The van der Waals surface area contributed by atoms with Crippen LogP contribution in [-0.4, -0.2) is 75.9 Å².